The molecule has 1 aromatic carbocycles. The summed E-state index contributed by atoms with van der Waals surface area (Å²) in [5.74, 6) is 1.96. The summed E-state index contributed by atoms with van der Waals surface area (Å²) in [4.78, 5) is 15.6. The van der Waals surface area contributed by atoms with Crippen LogP contribution in [-0.2, 0) is 9.53 Å². The summed E-state index contributed by atoms with van der Waals surface area (Å²) in [6, 6.07) is 7.90. The molecule has 3 saturated carbocycles. The smallest absolute Gasteiger partial charge is 0.233 e. The number of rotatable bonds is 4. The predicted octanol–water partition coefficient (Wildman–Crippen LogP) is 2.96. The Hall–Kier alpha value is -1.59. The van der Waals surface area contributed by atoms with Gasteiger partial charge < -0.3 is 14.6 Å². The third-order valence-electron chi connectivity index (χ3n) is 8.05. The maximum atomic E-state index is 13.6. The highest BCUT2D eigenvalue weighted by Crippen LogP contribution is 2.70. The van der Waals surface area contributed by atoms with Gasteiger partial charge in [0, 0.05) is 17.5 Å². The molecule has 5 aliphatic rings. The van der Waals surface area contributed by atoms with Gasteiger partial charge in [-0.1, -0.05) is 12.8 Å². The highest BCUT2D eigenvalue weighted by Gasteiger charge is 2.79. The van der Waals surface area contributed by atoms with Gasteiger partial charge in [0.15, 0.2) is 5.72 Å². The fraction of sp³-hybridized carbons (Fsp3) is 0.682. The molecular formula is C22H27NO4. The topological polar surface area (TPSA) is 59.0 Å². The molecule has 6 rings (SSSR count). The average molecular weight is 369 g/mol. The number of anilines is 1. The lowest BCUT2D eigenvalue weighted by molar-refractivity contribution is -0.138. The number of ether oxygens (including phenoxy) is 2. The minimum atomic E-state index is -0.549. The van der Waals surface area contributed by atoms with Crippen LogP contribution in [0.25, 0.3) is 0 Å². The molecule has 2 saturated heterocycles. The monoisotopic (exact) mass is 369 g/mol. The van der Waals surface area contributed by atoms with Gasteiger partial charge in [-0.3, -0.25) is 9.69 Å². The molecule has 5 nitrogen and oxygen atoms in total. The average Bonchev–Trinajstić information content (AvgIpc) is 3.43. The number of carbonyl (C=O) groups is 1. The number of hydrogen-bond acceptors (Lipinski definition) is 4. The van der Waals surface area contributed by atoms with Crippen molar-refractivity contribution in [3.8, 4) is 5.75 Å². The molecule has 0 radical (unpaired) electrons. The molecule has 2 bridgehead atoms. The molecule has 5 fully saturated rings. The lowest BCUT2D eigenvalue weighted by Gasteiger charge is -2.43. The summed E-state index contributed by atoms with van der Waals surface area (Å²) >= 11 is 0. The number of nitrogens with zero attached hydrogens (tertiary/aromatic N) is 1. The van der Waals surface area contributed by atoms with Gasteiger partial charge in [0.1, 0.15) is 5.75 Å². The van der Waals surface area contributed by atoms with E-state index < -0.39 is 11.8 Å². The standard InChI is InChI=1S/C22H27NO4/c1-2-26-14-9-7-13(8-10-14)23-21(25)17-15-11-16-18(17)22(23,12-5-3-4-6-12)27-20(16)19(15)24/h7-10,12,15-20,24H,2-6,11H2,1H3. The van der Waals surface area contributed by atoms with Crippen LogP contribution in [0, 0.1) is 29.6 Å². The number of carbonyl (C=O) groups excluding carboxylic acids is 1. The van der Waals surface area contributed by atoms with Crippen LogP contribution >= 0.6 is 0 Å². The third kappa shape index (κ3) is 1.85. The van der Waals surface area contributed by atoms with Crippen LogP contribution in [-0.4, -0.2) is 35.6 Å². The Morgan fingerprint density at radius 3 is 2.67 bits per heavy atom. The molecule has 27 heavy (non-hydrogen) atoms. The zero-order valence-electron chi connectivity index (χ0n) is 15.7. The van der Waals surface area contributed by atoms with Crippen LogP contribution in [0.3, 0.4) is 0 Å². The second kappa shape index (κ2) is 5.48. The number of hydrogen-bond donors (Lipinski definition) is 1. The Morgan fingerprint density at radius 2 is 1.96 bits per heavy atom. The summed E-state index contributed by atoms with van der Waals surface area (Å²) in [5, 5.41) is 10.7. The molecule has 3 aliphatic carbocycles. The zero-order valence-corrected chi connectivity index (χ0v) is 15.7. The normalized spacial score (nSPS) is 44.7. The predicted molar refractivity (Wildman–Crippen MR) is 99.2 cm³/mol. The van der Waals surface area contributed by atoms with Crippen LogP contribution in [0.2, 0.25) is 0 Å². The highest BCUT2D eigenvalue weighted by molar-refractivity contribution is 6.00. The van der Waals surface area contributed by atoms with Gasteiger partial charge in [0.05, 0.1) is 24.7 Å². The van der Waals surface area contributed by atoms with E-state index >= 15 is 0 Å². The van der Waals surface area contributed by atoms with Crippen molar-refractivity contribution in [3.05, 3.63) is 24.3 Å². The summed E-state index contributed by atoms with van der Waals surface area (Å²) < 4.78 is 12.3. The number of amides is 1. The van der Waals surface area contributed by atoms with Gasteiger partial charge in [0.25, 0.3) is 0 Å². The van der Waals surface area contributed by atoms with E-state index in [0.29, 0.717) is 18.4 Å². The van der Waals surface area contributed by atoms with Crippen molar-refractivity contribution in [1.29, 1.82) is 0 Å². The second-order valence-electron chi connectivity index (χ2n) is 9.02. The first kappa shape index (κ1) is 16.4. The molecule has 0 aromatic heterocycles. The lowest BCUT2D eigenvalue weighted by atomic mass is 9.73. The Kier molecular flexibility index (Phi) is 3.32. The van der Waals surface area contributed by atoms with Gasteiger partial charge in [-0.15, -0.1) is 0 Å². The van der Waals surface area contributed by atoms with Crippen molar-refractivity contribution in [2.45, 2.75) is 57.0 Å². The van der Waals surface area contributed by atoms with Crippen LogP contribution < -0.4 is 9.64 Å². The van der Waals surface area contributed by atoms with E-state index in [2.05, 4.69) is 0 Å². The Labute approximate surface area is 159 Å². The molecule has 2 heterocycles. The van der Waals surface area contributed by atoms with E-state index in [1.165, 1.54) is 12.8 Å². The molecule has 0 spiro atoms. The summed E-state index contributed by atoms with van der Waals surface area (Å²) in [6.07, 6.45) is 5.05. The van der Waals surface area contributed by atoms with Crippen LogP contribution in [0.15, 0.2) is 24.3 Å². The van der Waals surface area contributed by atoms with Crippen molar-refractivity contribution >= 4 is 11.6 Å². The molecule has 7 unspecified atom stereocenters. The van der Waals surface area contributed by atoms with E-state index in [4.69, 9.17) is 9.47 Å². The van der Waals surface area contributed by atoms with Gasteiger partial charge >= 0.3 is 0 Å². The van der Waals surface area contributed by atoms with Crippen molar-refractivity contribution in [1.82, 2.24) is 0 Å². The first-order chi connectivity index (χ1) is 13.2. The van der Waals surface area contributed by atoms with Gasteiger partial charge in [0.2, 0.25) is 5.91 Å². The van der Waals surface area contributed by atoms with Crippen LogP contribution in [0.1, 0.15) is 39.0 Å². The largest absolute Gasteiger partial charge is 0.494 e. The maximum Gasteiger partial charge on any atom is 0.233 e. The Balaban J connectivity index is 1.47. The molecule has 7 atom stereocenters. The third-order valence-corrected chi connectivity index (χ3v) is 8.05. The SMILES string of the molecule is CCOc1ccc(N2C(=O)C3C4CC5C(OC2(C2CCCC2)C53)C4O)cc1. The van der Waals surface area contributed by atoms with E-state index in [1.807, 2.05) is 36.1 Å². The van der Waals surface area contributed by atoms with Crippen molar-refractivity contribution in [2.24, 2.45) is 29.6 Å². The number of aliphatic hydroxyl groups excluding tert-OH is 1. The summed E-state index contributed by atoms with van der Waals surface area (Å²) in [7, 11) is 0. The molecular weight excluding hydrogens is 342 g/mol. The van der Waals surface area contributed by atoms with Crippen molar-refractivity contribution < 1.29 is 19.4 Å². The van der Waals surface area contributed by atoms with E-state index in [-0.39, 0.29) is 29.8 Å². The molecule has 1 amide bonds. The van der Waals surface area contributed by atoms with Gasteiger partial charge in [-0.25, -0.2) is 0 Å². The van der Waals surface area contributed by atoms with Crippen LogP contribution in [0.5, 0.6) is 5.75 Å². The Morgan fingerprint density at radius 1 is 1.22 bits per heavy atom. The second-order valence-corrected chi connectivity index (χ2v) is 9.02. The molecule has 5 heteroatoms. The Bertz CT molecular complexity index is 773. The van der Waals surface area contributed by atoms with Gasteiger partial charge in [-0.2, -0.15) is 0 Å². The van der Waals surface area contributed by atoms with Crippen LogP contribution in [0.4, 0.5) is 5.69 Å². The van der Waals surface area contributed by atoms with Crippen molar-refractivity contribution in [3.63, 3.8) is 0 Å². The maximum absolute atomic E-state index is 13.6. The first-order valence-corrected chi connectivity index (χ1v) is 10.6. The fourth-order valence-electron chi connectivity index (χ4n) is 7.28. The first-order valence-electron chi connectivity index (χ1n) is 10.6. The minimum absolute atomic E-state index is 0.0732. The highest BCUT2D eigenvalue weighted by atomic mass is 16.6. The quantitative estimate of drug-likeness (QED) is 0.887. The number of benzene rings is 1. The molecule has 1 N–H and O–H groups in total. The van der Waals surface area contributed by atoms with E-state index in [9.17, 15) is 9.90 Å². The summed E-state index contributed by atoms with van der Waals surface area (Å²) in [6.45, 7) is 2.60. The summed E-state index contributed by atoms with van der Waals surface area (Å²) in [5.41, 5.74) is 0.367. The van der Waals surface area contributed by atoms with E-state index in [0.717, 1.165) is 30.7 Å². The fourth-order valence-corrected chi connectivity index (χ4v) is 7.28. The number of aliphatic hydroxyl groups is 1. The zero-order chi connectivity index (χ0) is 18.3. The van der Waals surface area contributed by atoms with Gasteiger partial charge in [-0.05, 0) is 62.3 Å². The minimum Gasteiger partial charge on any atom is -0.494 e. The molecule has 1 aromatic rings. The molecule has 144 valence electrons. The lowest BCUT2D eigenvalue weighted by Crippen LogP contribution is -2.55. The van der Waals surface area contributed by atoms with E-state index in [1.54, 1.807) is 0 Å². The number of fused-ring (bicyclic) bond motifs is 2. The van der Waals surface area contributed by atoms with Crippen molar-refractivity contribution in [2.75, 3.05) is 11.5 Å². The molecule has 2 aliphatic heterocycles.